The van der Waals surface area contributed by atoms with E-state index in [-0.39, 0.29) is 17.2 Å². The number of aryl methyl sites for hydroxylation is 1. The van der Waals surface area contributed by atoms with Gasteiger partial charge in [-0.3, -0.25) is 0 Å². The molecule has 1 saturated heterocycles. The third kappa shape index (κ3) is 3.15. The molecule has 1 aliphatic heterocycles. The highest BCUT2D eigenvalue weighted by Gasteiger charge is 2.46. The van der Waals surface area contributed by atoms with Crippen LogP contribution in [-0.2, 0) is 4.74 Å². The van der Waals surface area contributed by atoms with E-state index in [0.717, 1.165) is 17.7 Å². The number of ether oxygens (including phenoxy) is 1. The van der Waals surface area contributed by atoms with Gasteiger partial charge in [-0.2, -0.15) is 0 Å². The minimum absolute atomic E-state index is 0.137. The second kappa shape index (κ2) is 4.80. The number of halogens is 2. The fourth-order valence-electron chi connectivity index (χ4n) is 2.73. The van der Waals surface area contributed by atoms with Crippen LogP contribution in [0.1, 0.15) is 39.7 Å². The van der Waals surface area contributed by atoms with E-state index < -0.39 is 0 Å². The van der Waals surface area contributed by atoms with Crippen molar-refractivity contribution >= 4 is 28.9 Å². The number of aromatic nitrogens is 1. The molecule has 1 unspecified atom stereocenters. The number of pyridine rings is 1. The molecule has 0 saturated carbocycles. The Labute approximate surface area is 124 Å². The summed E-state index contributed by atoms with van der Waals surface area (Å²) in [6.45, 7) is 10.4. The first-order valence-electron chi connectivity index (χ1n) is 6.40. The molecule has 106 valence electrons. The zero-order valence-corrected chi connectivity index (χ0v) is 13.5. The van der Waals surface area contributed by atoms with E-state index >= 15 is 0 Å². The van der Waals surface area contributed by atoms with Gasteiger partial charge in [0.2, 0.25) is 0 Å². The normalized spacial score (nSPS) is 24.5. The number of hydrogen-bond donors (Lipinski definition) is 1. The third-order valence-corrected chi connectivity index (χ3v) is 4.00. The maximum absolute atomic E-state index is 6.18. The van der Waals surface area contributed by atoms with Crippen LogP contribution < -0.4 is 5.32 Å². The molecule has 5 heteroatoms. The molecule has 1 aromatic heterocycles. The highest BCUT2D eigenvalue weighted by atomic mass is 35.5. The average molecular weight is 303 g/mol. The first-order valence-corrected chi connectivity index (χ1v) is 7.16. The van der Waals surface area contributed by atoms with E-state index in [1.807, 2.05) is 13.0 Å². The summed E-state index contributed by atoms with van der Waals surface area (Å²) in [6, 6.07) is 1.99. The lowest BCUT2D eigenvalue weighted by atomic mass is 9.94. The van der Waals surface area contributed by atoms with Crippen LogP contribution in [0.5, 0.6) is 0 Å². The molecule has 0 amide bonds. The van der Waals surface area contributed by atoms with Crippen molar-refractivity contribution in [1.82, 2.24) is 4.98 Å². The molecule has 0 radical (unpaired) electrons. The Kier molecular flexibility index (Phi) is 3.76. The molecule has 1 aromatic rings. The van der Waals surface area contributed by atoms with Gasteiger partial charge in [0.15, 0.2) is 5.15 Å². The van der Waals surface area contributed by atoms with Crippen LogP contribution in [0.2, 0.25) is 10.3 Å². The summed E-state index contributed by atoms with van der Waals surface area (Å²) in [6.07, 6.45) is 0.915. The van der Waals surface area contributed by atoms with Gasteiger partial charge < -0.3 is 10.1 Å². The summed E-state index contributed by atoms with van der Waals surface area (Å²) < 4.78 is 6.07. The zero-order valence-electron chi connectivity index (χ0n) is 12.0. The van der Waals surface area contributed by atoms with Gasteiger partial charge in [-0.1, -0.05) is 23.2 Å². The molecule has 1 fully saturated rings. The Bertz CT molecular complexity index is 477. The standard InChI is InChI=1S/C14H20Cl2N2O/c1-8-6-10(15)18-12(16)11(8)17-9-7-13(2,3)19-14(9,4)5/h6,9,17H,7H2,1-5H3. The molecule has 1 aliphatic rings. The summed E-state index contributed by atoms with van der Waals surface area (Å²) in [4.78, 5) is 4.09. The quantitative estimate of drug-likeness (QED) is 0.819. The second-order valence-electron chi connectivity index (χ2n) is 6.29. The Morgan fingerprint density at radius 2 is 1.95 bits per heavy atom. The smallest absolute Gasteiger partial charge is 0.154 e. The minimum atomic E-state index is -0.251. The predicted molar refractivity (Wildman–Crippen MR) is 80.3 cm³/mol. The molecule has 0 spiro atoms. The summed E-state index contributed by atoms with van der Waals surface area (Å²) >= 11 is 12.1. The van der Waals surface area contributed by atoms with E-state index in [1.54, 1.807) is 0 Å². The number of nitrogens with zero attached hydrogens (tertiary/aromatic N) is 1. The SMILES string of the molecule is Cc1cc(Cl)nc(Cl)c1NC1CC(C)(C)OC1(C)C. The Balaban J connectivity index is 2.27. The van der Waals surface area contributed by atoms with Crippen LogP contribution in [-0.4, -0.2) is 22.2 Å². The van der Waals surface area contributed by atoms with Gasteiger partial charge in [-0.25, -0.2) is 4.98 Å². The van der Waals surface area contributed by atoms with Crippen LogP contribution in [0, 0.1) is 6.92 Å². The number of hydrogen-bond acceptors (Lipinski definition) is 3. The Hall–Kier alpha value is -0.510. The van der Waals surface area contributed by atoms with Crippen molar-refractivity contribution in [2.24, 2.45) is 0 Å². The molecule has 2 rings (SSSR count). The number of rotatable bonds is 2. The van der Waals surface area contributed by atoms with Gasteiger partial charge in [0.05, 0.1) is 22.9 Å². The van der Waals surface area contributed by atoms with Crippen LogP contribution in [0.3, 0.4) is 0 Å². The van der Waals surface area contributed by atoms with Crippen molar-refractivity contribution in [2.75, 3.05) is 5.32 Å². The van der Waals surface area contributed by atoms with Gasteiger partial charge in [-0.15, -0.1) is 0 Å². The van der Waals surface area contributed by atoms with Crippen molar-refractivity contribution < 1.29 is 4.74 Å². The monoisotopic (exact) mass is 302 g/mol. The second-order valence-corrected chi connectivity index (χ2v) is 7.04. The van der Waals surface area contributed by atoms with Crippen LogP contribution in [0.4, 0.5) is 5.69 Å². The molecule has 0 bridgehead atoms. The lowest BCUT2D eigenvalue weighted by Gasteiger charge is -2.29. The molecule has 0 aromatic carbocycles. The molecule has 1 N–H and O–H groups in total. The molecule has 2 heterocycles. The van der Waals surface area contributed by atoms with E-state index in [4.69, 9.17) is 27.9 Å². The van der Waals surface area contributed by atoms with Crippen LogP contribution in [0.25, 0.3) is 0 Å². The molecule has 3 nitrogen and oxygen atoms in total. The number of anilines is 1. The van der Waals surface area contributed by atoms with Gasteiger partial charge in [0, 0.05) is 0 Å². The van der Waals surface area contributed by atoms with Crippen molar-refractivity contribution in [3.8, 4) is 0 Å². The van der Waals surface area contributed by atoms with Crippen LogP contribution >= 0.6 is 23.2 Å². The van der Waals surface area contributed by atoms with Crippen molar-refractivity contribution in [3.05, 3.63) is 21.9 Å². The van der Waals surface area contributed by atoms with Crippen molar-refractivity contribution in [3.63, 3.8) is 0 Å². The summed E-state index contributed by atoms with van der Waals surface area (Å²) in [7, 11) is 0. The number of nitrogens with one attached hydrogen (secondary N) is 1. The van der Waals surface area contributed by atoms with Crippen molar-refractivity contribution in [2.45, 2.75) is 58.3 Å². The molecule has 1 atom stereocenters. The Morgan fingerprint density at radius 3 is 2.42 bits per heavy atom. The largest absolute Gasteiger partial charge is 0.377 e. The van der Waals surface area contributed by atoms with E-state index in [0.29, 0.717) is 10.3 Å². The summed E-state index contributed by atoms with van der Waals surface area (Å²) in [5.41, 5.74) is 1.44. The summed E-state index contributed by atoms with van der Waals surface area (Å²) in [5, 5.41) is 4.29. The van der Waals surface area contributed by atoms with Gasteiger partial charge >= 0.3 is 0 Å². The molecule has 19 heavy (non-hydrogen) atoms. The summed E-state index contributed by atoms with van der Waals surface area (Å²) in [5.74, 6) is 0. The fourth-order valence-corrected chi connectivity index (χ4v) is 3.32. The third-order valence-electron chi connectivity index (χ3n) is 3.53. The first-order chi connectivity index (χ1) is 8.61. The highest BCUT2D eigenvalue weighted by Crippen LogP contribution is 2.40. The zero-order chi connectivity index (χ0) is 14.4. The molecular weight excluding hydrogens is 283 g/mol. The first kappa shape index (κ1) is 14.9. The maximum atomic E-state index is 6.18. The average Bonchev–Trinajstić information content (AvgIpc) is 2.39. The van der Waals surface area contributed by atoms with E-state index in [2.05, 4.69) is 38.0 Å². The fraction of sp³-hybridized carbons (Fsp3) is 0.643. The van der Waals surface area contributed by atoms with E-state index in [1.165, 1.54) is 0 Å². The van der Waals surface area contributed by atoms with Gasteiger partial charge in [0.1, 0.15) is 5.15 Å². The highest BCUT2D eigenvalue weighted by molar-refractivity contribution is 6.34. The topological polar surface area (TPSA) is 34.2 Å². The minimum Gasteiger partial charge on any atom is -0.377 e. The molecule has 0 aliphatic carbocycles. The van der Waals surface area contributed by atoms with Crippen LogP contribution in [0.15, 0.2) is 6.07 Å². The Morgan fingerprint density at radius 1 is 1.32 bits per heavy atom. The lowest BCUT2D eigenvalue weighted by Crippen LogP contribution is -2.38. The maximum Gasteiger partial charge on any atom is 0.154 e. The van der Waals surface area contributed by atoms with Gasteiger partial charge in [-0.05, 0) is 52.7 Å². The van der Waals surface area contributed by atoms with Gasteiger partial charge in [0.25, 0.3) is 0 Å². The predicted octanol–water partition coefficient (Wildman–Crippen LogP) is 4.45. The van der Waals surface area contributed by atoms with Crippen molar-refractivity contribution in [1.29, 1.82) is 0 Å². The van der Waals surface area contributed by atoms with E-state index in [9.17, 15) is 0 Å². The lowest BCUT2D eigenvalue weighted by molar-refractivity contribution is -0.0662. The molecular formula is C14H20Cl2N2O.